The van der Waals surface area contributed by atoms with Gasteiger partial charge in [0.15, 0.2) is 5.75 Å². The number of hydrogen-bond donors (Lipinski definition) is 4. The van der Waals surface area contributed by atoms with Crippen LogP contribution in [0.1, 0.15) is 21.5 Å². The summed E-state index contributed by atoms with van der Waals surface area (Å²) < 4.78 is 80.5. The Bertz CT molecular complexity index is 2480. The lowest BCUT2D eigenvalue weighted by Gasteiger charge is -2.29. The number of Topliss-reactive ketones (excluding diaryl/α,β-unsaturated/α-hetero) is 1. The number of nitrogens with two attached hydrogens (primary N) is 1. The van der Waals surface area contributed by atoms with Crippen LogP contribution in [-0.2, 0) is 35.5 Å². The number of hydrogen-bond acceptors (Lipinski definition) is 14. The summed E-state index contributed by atoms with van der Waals surface area (Å²) in [4.78, 5) is 11.6. The van der Waals surface area contributed by atoms with Crippen molar-refractivity contribution in [1.82, 2.24) is 0 Å². The highest BCUT2D eigenvalue weighted by atomic mass is 32.2. The molecular formula is C33H26N6O10S2. The van der Waals surface area contributed by atoms with Crippen molar-refractivity contribution < 1.29 is 45.3 Å². The van der Waals surface area contributed by atoms with E-state index in [0.29, 0.717) is 11.1 Å². The number of fused-ring (bicyclic) bond motifs is 1. The van der Waals surface area contributed by atoms with Gasteiger partial charge in [-0.15, -0.1) is 10.2 Å². The van der Waals surface area contributed by atoms with E-state index in [1.165, 1.54) is 62.8 Å². The second kappa shape index (κ2) is 14.1. The molecule has 0 atom stereocenters. The number of methoxy groups -OCH3 is 2. The Morgan fingerprint density at radius 2 is 1.25 bits per heavy atom. The third-order valence-electron chi connectivity index (χ3n) is 7.55. The van der Waals surface area contributed by atoms with Gasteiger partial charge in [0.2, 0.25) is 5.78 Å². The van der Waals surface area contributed by atoms with E-state index >= 15 is 0 Å². The lowest BCUT2D eigenvalue weighted by molar-refractivity contribution is -0.176. The number of phenolic OH excluding ortho intramolecular Hbond substituents is 1. The fraction of sp³-hybridized carbons (Fsp3) is 0.0909. The van der Waals surface area contributed by atoms with Crippen molar-refractivity contribution in [3.05, 3.63) is 108 Å². The van der Waals surface area contributed by atoms with E-state index in [9.17, 15) is 35.8 Å². The van der Waals surface area contributed by atoms with Gasteiger partial charge in [-0.1, -0.05) is 30.3 Å². The van der Waals surface area contributed by atoms with E-state index < -0.39 is 64.4 Å². The molecule has 0 unspecified atom stereocenters. The smallest absolute Gasteiger partial charge is 0.296 e. The molecule has 51 heavy (non-hydrogen) atoms. The molecule has 0 spiro atoms. The molecule has 0 aliphatic heterocycles. The number of rotatable bonds is 11. The third kappa shape index (κ3) is 7.20. The SMILES string of the molecule is COC(OC)(C(=O)c1ccc(N=Nc2c(S(=O)(=O)O)cc3cc(S(=O)(=O)O)c(N=Nc4ccc(C#N)cc4)c(N)c3c2O)cc1)c1ccccc1. The molecule has 0 saturated carbocycles. The summed E-state index contributed by atoms with van der Waals surface area (Å²) in [6, 6.07) is 23.1. The number of ether oxygens (including phenoxy) is 2. The van der Waals surface area contributed by atoms with Crippen LogP contribution in [0.15, 0.2) is 121 Å². The Balaban J connectivity index is 1.60. The van der Waals surface area contributed by atoms with Gasteiger partial charge in [-0.3, -0.25) is 13.9 Å². The average Bonchev–Trinajstić information content (AvgIpc) is 3.11. The summed E-state index contributed by atoms with van der Waals surface area (Å²) in [5.74, 6) is -3.26. The summed E-state index contributed by atoms with van der Waals surface area (Å²) in [5.41, 5.74) is 5.41. The molecule has 0 aliphatic carbocycles. The first-order valence-electron chi connectivity index (χ1n) is 14.4. The third-order valence-corrected chi connectivity index (χ3v) is 9.29. The lowest BCUT2D eigenvalue weighted by Crippen LogP contribution is -2.39. The molecule has 0 aliphatic rings. The van der Waals surface area contributed by atoms with E-state index in [0.717, 1.165) is 12.1 Å². The molecule has 5 aromatic rings. The molecule has 5 aromatic carbocycles. The van der Waals surface area contributed by atoms with Gasteiger partial charge in [0.05, 0.1) is 34.1 Å². The molecule has 18 heteroatoms. The number of nitrogen functional groups attached to an aromatic ring is 1. The maximum Gasteiger partial charge on any atom is 0.296 e. The zero-order chi connectivity index (χ0) is 37.1. The number of aromatic hydroxyl groups is 1. The van der Waals surface area contributed by atoms with Gasteiger partial charge in [-0.25, -0.2) is 0 Å². The zero-order valence-corrected chi connectivity index (χ0v) is 28.1. The van der Waals surface area contributed by atoms with Crippen LogP contribution >= 0.6 is 0 Å². The molecule has 16 nitrogen and oxygen atoms in total. The second-order valence-corrected chi connectivity index (χ2v) is 13.4. The Labute approximate surface area is 290 Å². The topological polar surface area (TPSA) is 264 Å². The summed E-state index contributed by atoms with van der Waals surface area (Å²) in [7, 11) is -7.58. The minimum atomic E-state index is -5.15. The van der Waals surface area contributed by atoms with Crippen LogP contribution in [-0.4, -0.2) is 51.1 Å². The monoisotopic (exact) mass is 730 g/mol. The molecule has 260 valence electrons. The predicted molar refractivity (Wildman–Crippen MR) is 182 cm³/mol. The average molecular weight is 731 g/mol. The molecule has 5 rings (SSSR count). The largest absolute Gasteiger partial charge is 0.505 e. The molecule has 5 N–H and O–H groups in total. The maximum absolute atomic E-state index is 13.5. The highest BCUT2D eigenvalue weighted by Crippen LogP contribution is 2.48. The van der Waals surface area contributed by atoms with Crippen molar-refractivity contribution in [2.24, 2.45) is 20.5 Å². The molecule has 0 saturated heterocycles. The number of nitriles is 1. The van der Waals surface area contributed by atoms with Crippen LogP contribution in [0.3, 0.4) is 0 Å². The number of carbonyl (C=O) groups excluding carboxylic acids is 1. The first kappa shape index (κ1) is 36.3. The summed E-state index contributed by atoms with van der Waals surface area (Å²) in [6.45, 7) is 0. The summed E-state index contributed by atoms with van der Waals surface area (Å²) >= 11 is 0. The first-order chi connectivity index (χ1) is 24.1. The van der Waals surface area contributed by atoms with Gasteiger partial charge in [0.1, 0.15) is 21.2 Å². The van der Waals surface area contributed by atoms with E-state index in [1.807, 2.05) is 6.07 Å². The van der Waals surface area contributed by atoms with Crippen LogP contribution in [0.25, 0.3) is 10.8 Å². The van der Waals surface area contributed by atoms with Gasteiger partial charge in [0, 0.05) is 25.3 Å². The Morgan fingerprint density at radius 1 is 0.765 bits per heavy atom. The Hall–Kier alpha value is -5.94. The number of carbonyl (C=O) groups is 1. The van der Waals surface area contributed by atoms with Crippen molar-refractivity contribution in [2.75, 3.05) is 20.0 Å². The zero-order valence-electron chi connectivity index (χ0n) is 26.5. The molecular weight excluding hydrogens is 705 g/mol. The van der Waals surface area contributed by atoms with Crippen LogP contribution < -0.4 is 5.73 Å². The highest BCUT2D eigenvalue weighted by Gasteiger charge is 2.41. The highest BCUT2D eigenvalue weighted by molar-refractivity contribution is 7.86. The fourth-order valence-corrected chi connectivity index (χ4v) is 6.41. The van der Waals surface area contributed by atoms with Gasteiger partial charge in [-0.2, -0.15) is 32.3 Å². The number of nitrogens with zero attached hydrogens (tertiary/aromatic N) is 5. The van der Waals surface area contributed by atoms with E-state index in [1.54, 1.807) is 30.3 Å². The predicted octanol–water partition coefficient (Wildman–Crippen LogP) is 6.65. The van der Waals surface area contributed by atoms with Crippen molar-refractivity contribution in [2.45, 2.75) is 15.6 Å². The van der Waals surface area contributed by atoms with Gasteiger partial charge >= 0.3 is 0 Å². The summed E-state index contributed by atoms with van der Waals surface area (Å²) in [5, 5.41) is 35.1. The van der Waals surface area contributed by atoms with Crippen LogP contribution in [0, 0.1) is 11.3 Å². The molecule has 0 bridgehead atoms. The minimum absolute atomic E-state index is 0.0686. The van der Waals surface area contributed by atoms with Crippen LogP contribution in [0.2, 0.25) is 0 Å². The van der Waals surface area contributed by atoms with Gasteiger partial charge in [0.25, 0.3) is 26.0 Å². The minimum Gasteiger partial charge on any atom is -0.505 e. The van der Waals surface area contributed by atoms with E-state index in [4.69, 9.17) is 20.5 Å². The fourth-order valence-electron chi connectivity index (χ4n) is 5.08. The molecule has 0 heterocycles. The quantitative estimate of drug-likeness (QED) is 0.0366. The lowest BCUT2D eigenvalue weighted by atomic mass is 9.95. The van der Waals surface area contributed by atoms with Crippen molar-refractivity contribution in [3.8, 4) is 11.8 Å². The number of azo groups is 2. The van der Waals surface area contributed by atoms with Gasteiger partial charge in [-0.05, 0) is 66.0 Å². The Kier molecular flexibility index (Phi) is 10.1. The van der Waals surface area contributed by atoms with Gasteiger partial charge < -0.3 is 20.3 Å². The molecule has 0 aromatic heterocycles. The first-order valence-corrected chi connectivity index (χ1v) is 17.2. The molecule has 0 amide bonds. The van der Waals surface area contributed by atoms with Crippen molar-refractivity contribution in [1.29, 1.82) is 5.26 Å². The van der Waals surface area contributed by atoms with Crippen LogP contribution in [0.5, 0.6) is 5.75 Å². The second-order valence-electron chi connectivity index (χ2n) is 10.6. The number of phenols is 1. The normalized spacial score (nSPS) is 12.5. The Morgan fingerprint density at radius 3 is 1.75 bits per heavy atom. The maximum atomic E-state index is 13.5. The molecule has 0 radical (unpaired) electrons. The standard InChI is InChI=1S/C33H26N6O10S2/c1-48-33(49-2,22-6-4-3-5-7-22)32(41)20-10-14-24(15-11-20)37-39-30-26(51(45,46)47)17-21-16-25(50(42,43)44)29(28(35)27(21)31(30)40)38-36-23-12-8-19(18-34)9-13-23/h3-17,40H,35H2,1-2H3,(H,42,43,44)(H,45,46,47). The van der Waals surface area contributed by atoms with Crippen molar-refractivity contribution >= 4 is 65.2 Å². The number of anilines is 1. The van der Waals surface area contributed by atoms with E-state index in [2.05, 4.69) is 20.5 Å². The number of ketones is 1. The number of benzene rings is 5. The van der Waals surface area contributed by atoms with E-state index in [-0.39, 0.29) is 27.7 Å². The molecule has 0 fully saturated rings. The van der Waals surface area contributed by atoms with Crippen LogP contribution in [0.4, 0.5) is 28.4 Å². The van der Waals surface area contributed by atoms with Crippen molar-refractivity contribution in [3.63, 3.8) is 0 Å². The summed E-state index contributed by atoms with van der Waals surface area (Å²) in [6.07, 6.45) is 0.